The van der Waals surface area contributed by atoms with E-state index in [1.54, 1.807) is 21.3 Å². The zero-order valence-electron chi connectivity index (χ0n) is 10.4. The maximum absolute atomic E-state index is 5.27. The fourth-order valence-corrected chi connectivity index (χ4v) is 2.73. The van der Waals surface area contributed by atoms with Crippen LogP contribution in [0.15, 0.2) is 11.8 Å². The van der Waals surface area contributed by atoms with Gasteiger partial charge < -0.3 is 13.3 Å². The van der Waals surface area contributed by atoms with E-state index in [4.69, 9.17) is 13.3 Å². The summed E-state index contributed by atoms with van der Waals surface area (Å²) in [5.74, 6) is 0. The molecule has 0 aliphatic heterocycles. The minimum atomic E-state index is -2.47. The molecule has 0 N–H and O–H groups in total. The Morgan fingerprint density at radius 3 is 1.94 bits per heavy atom. The first-order chi connectivity index (χ1) is 7.24. The standard InChI is InChI=1S/C11H24O3Si.H4Si/c1-5-6-7-8-9-10-11-15(12-2,13-3)14-4;/h10-11H,5-9H2,1-4H3;1H4. The summed E-state index contributed by atoms with van der Waals surface area (Å²) >= 11 is 0. The Morgan fingerprint density at radius 1 is 0.938 bits per heavy atom. The van der Waals surface area contributed by atoms with Crippen LogP contribution in [0, 0.1) is 0 Å². The third kappa shape index (κ3) is 7.35. The molecule has 16 heavy (non-hydrogen) atoms. The van der Waals surface area contributed by atoms with Crippen molar-refractivity contribution in [2.75, 3.05) is 21.3 Å². The molecular weight excluding hydrogens is 236 g/mol. The molecule has 0 heterocycles. The molecule has 0 aliphatic rings. The molecule has 0 aromatic carbocycles. The second kappa shape index (κ2) is 11.5. The largest absolute Gasteiger partial charge is 0.528 e. The molecule has 0 spiro atoms. The van der Waals surface area contributed by atoms with Gasteiger partial charge in [-0.2, -0.15) is 0 Å². The SMILES string of the molecule is CCCCCCC=C[Si](OC)(OC)OC.[SiH4]. The lowest BCUT2D eigenvalue weighted by Gasteiger charge is -2.20. The minimum Gasteiger partial charge on any atom is -0.374 e. The van der Waals surface area contributed by atoms with Gasteiger partial charge in [-0.05, 0) is 29.5 Å². The second-order valence-corrected chi connectivity index (χ2v) is 6.23. The first kappa shape index (κ1) is 18.4. The van der Waals surface area contributed by atoms with Crippen molar-refractivity contribution in [2.24, 2.45) is 0 Å². The third-order valence-electron chi connectivity index (χ3n) is 2.40. The van der Waals surface area contributed by atoms with Crippen molar-refractivity contribution >= 4 is 19.8 Å². The maximum Gasteiger partial charge on any atom is 0.528 e. The van der Waals surface area contributed by atoms with Crippen LogP contribution in [0.25, 0.3) is 0 Å². The monoisotopic (exact) mass is 264 g/mol. The highest BCUT2D eigenvalue weighted by Crippen LogP contribution is 2.09. The van der Waals surface area contributed by atoms with Crippen LogP contribution in [0.1, 0.15) is 39.0 Å². The zero-order valence-corrected chi connectivity index (χ0v) is 11.4. The molecular formula is C11H28O3Si2. The Balaban J connectivity index is 0. The van der Waals surface area contributed by atoms with Crippen LogP contribution < -0.4 is 0 Å². The first-order valence-electron chi connectivity index (χ1n) is 5.57. The lowest BCUT2D eigenvalue weighted by molar-refractivity contribution is 0.138. The molecule has 0 rings (SSSR count). The van der Waals surface area contributed by atoms with Crippen molar-refractivity contribution in [1.82, 2.24) is 0 Å². The molecule has 0 atom stereocenters. The van der Waals surface area contributed by atoms with E-state index in [0.29, 0.717) is 0 Å². The van der Waals surface area contributed by atoms with Crippen LogP contribution in [0.4, 0.5) is 0 Å². The number of allylic oxidation sites excluding steroid dienone is 1. The van der Waals surface area contributed by atoms with E-state index in [9.17, 15) is 0 Å². The molecule has 98 valence electrons. The predicted molar refractivity (Wildman–Crippen MR) is 76.0 cm³/mol. The van der Waals surface area contributed by atoms with Crippen LogP contribution in [0.2, 0.25) is 0 Å². The van der Waals surface area contributed by atoms with Gasteiger partial charge in [-0.15, -0.1) is 0 Å². The molecule has 0 aromatic rings. The summed E-state index contributed by atoms with van der Waals surface area (Å²) in [5, 5.41) is 0. The van der Waals surface area contributed by atoms with Crippen LogP contribution >= 0.6 is 0 Å². The Hall–Kier alpha value is 0.0538. The smallest absolute Gasteiger partial charge is 0.374 e. The number of hydrogen-bond donors (Lipinski definition) is 0. The van der Waals surface area contributed by atoms with E-state index >= 15 is 0 Å². The molecule has 0 aliphatic carbocycles. The molecule has 0 fully saturated rings. The average molecular weight is 265 g/mol. The van der Waals surface area contributed by atoms with Gasteiger partial charge in [0.1, 0.15) is 0 Å². The van der Waals surface area contributed by atoms with Crippen LogP contribution in [-0.2, 0) is 13.3 Å². The number of hydrogen-bond acceptors (Lipinski definition) is 3. The molecule has 0 amide bonds. The van der Waals surface area contributed by atoms with Gasteiger partial charge >= 0.3 is 8.80 Å². The van der Waals surface area contributed by atoms with Crippen LogP contribution in [0.5, 0.6) is 0 Å². The van der Waals surface area contributed by atoms with Gasteiger partial charge in [0.2, 0.25) is 0 Å². The van der Waals surface area contributed by atoms with Gasteiger partial charge in [-0.1, -0.05) is 32.3 Å². The van der Waals surface area contributed by atoms with Crippen molar-refractivity contribution in [1.29, 1.82) is 0 Å². The van der Waals surface area contributed by atoms with Crippen molar-refractivity contribution in [3.05, 3.63) is 11.8 Å². The molecule has 5 heteroatoms. The van der Waals surface area contributed by atoms with Crippen molar-refractivity contribution in [3.63, 3.8) is 0 Å². The molecule has 3 nitrogen and oxygen atoms in total. The Labute approximate surface area is 106 Å². The van der Waals surface area contributed by atoms with E-state index in [-0.39, 0.29) is 11.0 Å². The quantitative estimate of drug-likeness (QED) is 0.466. The summed E-state index contributed by atoms with van der Waals surface area (Å²) in [5.41, 5.74) is 1.96. The summed E-state index contributed by atoms with van der Waals surface area (Å²) in [6.45, 7) is 2.22. The molecule has 0 radical (unpaired) electrons. The summed E-state index contributed by atoms with van der Waals surface area (Å²) in [6, 6.07) is 0. The Bertz CT molecular complexity index is 162. The zero-order chi connectivity index (χ0) is 11.6. The highest BCUT2D eigenvalue weighted by Gasteiger charge is 2.33. The van der Waals surface area contributed by atoms with Gasteiger partial charge in [0, 0.05) is 21.3 Å². The van der Waals surface area contributed by atoms with Gasteiger partial charge in [-0.3, -0.25) is 0 Å². The van der Waals surface area contributed by atoms with Gasteiger partial charge in [0.05, 0.1) is 0 Å². The number of rotatable bonds is 9. The topological polar surface area (TPSA) is 27.7 Å². The minimum absolute atomic E-state index is 0. The van der Waals surface area contributed by atoms with Crippen molar-refractivity contribution < 1.29 is 13.3 Å². The van der Waals surface area contributed by atoms with Gasteiger partial charge in [-0.25, -0.2) is 0 Å². The van der Waals surface area contributed by atoms with E-state index in [1.165, 1.54) is 25.7 Å². The van der Waals surface area contributed by atoms with E-state index in [2.05, 4.69) is 13.0 Å². The Morgan fingerprint density at radius 2 is 1.50 bits per heavy atom. The summed E-state index contributed by atoms with van der Waals surface area (Å²) in [6.07, 6.45) is 8.30. The summed E-state index contributed by atoms with van der Waals surface area (Å²) < 4.78 is 15.8. The normalized spacial score (nSPS) is 11.8. The van der Waals surface area contributed by atoms with E-state index < -0.39 is 8.80 Å². The average Bonchev–Trinajstić information content (AvgIpc) is 2.29. The fraction of sp³-hybridized carbons (Fsp3) is 0.818. The lowest BCUT2D eigenvalue weighted by atomic mass is 10.2. The lowest BCUT2D eigenvalue weighted by Crippen LogP contribution is -2.40. The fourth-order valence-electron chi connectivity index (χ4n) is 1.37. The van der Waals surface area contributed by atoms with E-state index in [1.807, 2.05) is 5.70 Å². The molecule has 0 aromatic heterocycles. The molecule has 0 saturated heterocycles. The second-order valence-electron chi connectivity index (χ2n) is 3.47. The van der Waals surface area contributed by atoms with Crippen molar-refractivity contribution in [2.45, 2.75) is 39.0 Å². The third-order valence-corrected chi connectivity index (χ3v) is 4.75. The highest BCUT2D eigenvalue weighted by molar-refractivity contribution is 6.66. The van der Waals surface area contributed by atoms with E-state index in [0.717, 1.165) is 6.42 Å². The number of unbranched alkanes of at least 4 members (excludes halogenated alkanes) is 4. The predicted octanol–water partition coefficient (Wildman–Crippen LogP) is 1.48. The van der Waals surface area contributed by atoms with Crippen LogP contribution in [0.3, 0.4) is 0 Å². The molecule has 0 bridgehead atoms. The van der Waals surface area contributed by atoms with Crippen LogP contribution in [-0.4, -0.2) is 41.1 Å². The Kier molecular flexibility index (Phi) is 13.3. The molecule has 0 saturated carbocycles. The van der Waals surface area contributed by atoms with Gasteiger partial charge in [0.25, 0.3) is 0 Å². The van der Waals surface area contributed by atoms with Crippen molar-refractivity contribution in [3.8, 4) is 0 Å². The summed E-state index contributed by atoms with van der Waals surface area (Å²) in [7, 11) is 2.41. The summed E-state index contributed by atoms with van der Waals surface area (Å²) in [4.78, 5) is 0. The first-order valence-corrected chi connectivity index (χ1v) is 7.38. The van der Waals surface area contributed by atoms with Gasteiger partial charge in [0.15, 0.2) is 0 Å². The maximum atomic E-state index is 5.27. The highest BCUT2D eigenvalue weighted by atomic mass is 28.4. The molecule has 0 unspecified atom stereocenters.